The average Bonchev–Trinajstić information content (AvgIpc) is 2.36. The standard InChI is InChI=1S/C15H23NO2/c1-5-18-15(17)12(3)10-16-13(4)14-9-7-6-8-11(14)2/h6-9,12-13,16H,5,10H2,1-4H3. The van der Waals surface area contributed by atoms with Gasteiger partial charge in [0.15, 0.2) is 0 Å². The molecule has 0 bridgehead atoms. The quantitative estimate of drug-likeness (QED) is 0.788. The van der Waals surface area contributed by atoms with Crippen molar-refractivity contribution in [2.45, 2.75) is 33.7 Å². The van der Waals surface area contributed by atoms with Gasteiger partial charge in [-0.05, 0) is 31.9 Å². The van der Waals surface area contributed by atoms with Crippen LogP contribution < -0.4 is 5.32 Å². The molecule has 3 heteroatoms. The SMILES string of the molecule is CCOC(=O)C(C)CNC(C)c1ccccc1C. The number of rotatable bonds is 6. The van der Waals surface area contributed by atoms with Crippen molar-refractivity contribution in [2.24, 2.45) is 5.92 Å². The van der Waals surface area contributed by atoms with Gasteiger partial charge in [0.2, 0.25) is 0 Å². The van der Waals surface area contributed by atoms with Crippen LogP contribution in [0.3, 0.4) is 0 Å². The fourth-order valence-corrected chi connectivity index (χ4v) is 1.90. The Labute approximate surface area is 110 Å². The van der Waals surface area contributed by atoms with Crippen molar-refractivity contribution in [3.8, 4) is 0 Å². The minimum atomic E-state index is -0.137. The van der Waals surface area contributed by atoms with Crippen LogP contribution >= 0.6 is 0 Å². The Balaban J connectivity index is 2.49. The Morgan fingerprint density at radius 1 is 1.33 bits per heavy atom. The Morgan fingerprint density at radius 3 is 2.61 bits per heavy atom. The molecular weight excluding hydrogens is 226 g/mol. The number of ether oxygens (including phenoxy) is 1. The van der Waals surface area contributed by atoms with Crippen LogP contribution in [0.5, 0.6) is 0 Å². The Kier molecular flexibility index (Phi) is 5.86. The van der Waals surface area contributed by atoms with Crippen LogP contribution in [0, 0.1) is 12.8 Å². The van der Waals surface area contributed by atoms with E-state index in [4.69, 9.17) is 4.74 Å². The predicted molar refractivity (Wildman–Crippen MR) is 73.4 cm³/mol. The van der Waals surface area contributed by atoms with E-state index < -0.39 is 0 Å². The molecule has 0 aromatic heterocycles. The van der Waals surface area contributed by atoms with E-state index in [2.05, 4.69) is 31.3 Å². The zero-order valence-electron chi connectivity index (χ0n) is 11.7. The van der Waals surface area contributed by atoms with Gasteiger partial charge >= 0.3 is 5.97 Å². The molecule has 0 fully saturated rings. The van der Waals surface area contributed by atoms with Crippen LogP contribution in [0.2, 0.25) is 0 Å². The van der Waals surface area contributed by atoms with Crippen molar-refractivity contribution >= 4 is 5.97 Å². The fraction of sp³-hybridized carbons (Fsp3) is 0.533. The first-order chi connectivity index (χ1) is 8.56. The number of nitrogens with one attached hydrogen (secondary N) is 1. The smallest absolute Gasteiger partial charge is 0.309 e. The number of esters is 1. The van der Waals surface area contributed by atoms with Gasteiger partial charge in [0.1, 0.15) is 0 Å². The van der Waals surface area contributed by atoms with Crippen molar-refractivity contribution in [2.75, 3.05) is 13.2 Å². The summed E-state index contributed by atoms with van der Waals surface area (Å²) in [5.41, 5.74) is 2.54. The van der Waals surface area contributed by atoms with E-state index in [9.17, 15) is 4.79 Å². The molecular formula is C15H23NO2. The number of hydrogen-bond donors (Lipinski definition) is 1. The molecule has 0 amide bonds. The van der Waals surface area contributed by atoms with E-state index in [1.165, 1.54) is 11.1 Å². The lowest BCUT2D eigenvalue weighted by Crippen LogP contribution is -2.30. The Bertz CT molecular complexity index is 390. The van der Waals surface area contributed by atoms with Gasteiger partial charge in [-0.2, -0.15) is 0 Å². The summed E-state index contributed by atoms with van der Waals surface area (Å²) in [6.07, 6.45) is 0. The van der Waals surface area contributed by atoms with Gasteiger partial charge < -0.3 is 10.1 Å². The topological polar surface area (TPSA) is 38.3 Å². The molecule has 0 radical (unpaired) electrons. The average molecular weight is 249 g/mol. The molecule has 0 saturated carbocycles. The highest BCUT2D eigenvalue weighted by atomic mass is 16.5. The van der Waals surface area contributed by atoms with E-state index >= 15 is 0 Å². The van der Waals surface area contributed by atoms with E-state index in [1.807, 2.05) is 26.0 Å². The minimum absolute atomic E-state index is 0.114. The second kappa shape index (κ2) is 7.17. The number of aryl methyl sites for hydroxylation is 1. The van der Waals surface area contributed by atoms with E-state index in [-0.39, 0.29) is 17.9 Å². The van der Waals surface area contributed by atoms with Crippen LogP contribution in [0.1, 0.15) is 37.9 Å². The van der Waals surface area contributed by atoms with Crippen molar-refractivity contribution in [3.05, 3.63) is 35.4 Å². The third-order valence-electron chi connectivity index (χ3n) is 3.07. The first kappa shape index (κ1) is 14.7. The molecule has 100 valence electrons. The lowest BCUT2D eigenvalue weighted by atomic mass is 10.0. The van der Waals surface area contributed by atoms with Crippen LogP contribution in [0.25, 0.3) is 0 Å². The second-order valence-electron chi connectivity index (χ2n) is 4.64. The molecule has 0 aliphatic heterocycles. The predicted octanol–water partition coefficient (Wildman–Crippen LogP) is 2.84. The zero-order chi connectivity index (χ0) is 13.5. The summed E-state index contributed by atoms with van der Waals surface area (Å²) in [6, 6.07) is 8.52. The lowest BCUT2D eigenvalue weighted by Gasteiger charge is -2.18. The molecule has 0 aliphatic carbocycles. The van der Waals surface area contributed by atoms with Gasteiger partial charge in [-0.1, -0.05) is 31.2 Å². The van der Waals surface area contributed by atoms with Crippen molar-refractivity contribution in [1.82, 2.24) is 5.32 Å². The summed E-state index contributed by atoms with van der Waals surface area (Å²) in [7, 11) is 0. The summed E-state index contributed by atoms with van der Waals surface area (Å²) in [4.78, 5) is 11.5. The van der Waals surface area contributed by atoms with Crippen LogP contribution in [-0.2, 0) is 9.53 Å². The zero-order valence-corrected chi connectivity index (χ0v) is 11.7. The molecule has 2 atom stereocenters. The van der Waals surface area contributed by atoms with E-state index in [0.29, 0.717) is 13.2 Å². The summed E-state index contributed by atoms with van der Waals surface area (Å²) in [5, 5.41) is 3.38. The first-order valence-corrected chi connectivity index (χ1v) is 6.51. The molecule has 1 N–H and O–H groups in total. The van der Waals surface area contributed by atoms with Gasteiger partial charge in [-0.15, -0.1) is 0 Å². The number of hydrogen-bond acceptors (Lipinski definition) is 3. The van der Waals surface area contributed by atoms with Gasteiger partial charge in [0.05, 0.1) is 12.5 Å². The minimum Gasteiger partial charge on any atom is -0.466 e. The fourth-order valence-electron chi connectivity index (χ4n) is 1.90. The third kappa shape index (κ3) is 4.15. The van der Waals surface area contributed by atoms with Crippen LogP contribution in [0.4, 0.5) is 0 Å². The maximum atomic E-state index is 11.5. The molecule has 0 spiro atoms. The first-order valence-electron chi connectivity index (χ1n) is 6.51. The van der Waals surface area contributed by atoms with Gasteiger partial charge in [0, 0.05) is 12.6 Å². The highest BCUT2D eigenvalue weighted by Gasteiger charge is 2.15. The molecule has 2 unspecified atom stereocenters. The molecule has 1 aromatic rings. The molecule has 18 heavy (non-hydrogen) atoms. The summed E-state index contributed by atoms with van der Waals surface area (Å²) < 4.78 is 4.99. The molecule has 3 nitrogen and oxygen atoms in total. The highest BCUT2D eigenvalue weighted by molar-refractivity contribution is 5.72. The molecule has 0 saturated heterocycles. The molecule has 0 heterocycles. The van der Waals surface area contributed by atoms with Gasteiger partial charge in [0.25, 0.3) is 0 Å². The van der Waals surface area contributed by atoms with Crippen LogP contribution in [0.15, 0.2) is 24.3 Å². The molecule has 0 aliphatic rings. The lowest BCUT2D eigenvalue weighted by molar-refractivity contribution is -0.147. The molecule has 1 rings (SSSR count). The number of carbonyl (C=O) groups excluding carboxylic acids is 1. The summed E-state index contributed by atoms with van der Waals surface area (Å²) in [6.45, 7) is 9.00. The number of carbonyl (C=O) groups is 1. The maximum Gasteiger partial charge on any atom is 0.309 e. The maximum absolute atomic E-state index is 11.5. The summed E-state index contributed by atoms with van der Waals surface area (Å²) in [5.74, 6) is -0.251. The Morgan fingerprint density at radius 2 is 2.00 bits per heavy atom. The highest BCUT2D eigenvalue weighted by Crippen LogP contribution is 2.16. The summed E-state index contributed by atoms with van der Waals surface area (Å²) >= 11 is 0. The van der Waals surface area contributed by atoms with Crippen molar-refractivity contribution in [1.29, 1.82) is 0 Å². The monoisotopic (exact) mass is 249 g/mol. The molecule has 1 aromatic carbocycles. The van der Waals surface area contributed by atoms with Gasteiger partial charge in [-0.25, -0.2) is 0 Å². The van der Waals surface area contributed by atoms with Crippen molar-refractivity contribution in [3.63, 3.8) is 0 Å². The second-order valence-corrected chi connectivity index (χ2v) is 4.64. The number of benzene rings is 1. The van der Waals surface area contributed by atoms with Gasteiger partial charge in [-0.3, -0.25) is 4.79 Å². The Hall–Kier alpha value is -1.35. The third-order valence-corrected chi connectivity index (χ3v) is 3.07. The van der Waals surface area contributed by atoms with Crippen LogP contribution in [-0.4, -0.2) is 19.1 Å². The van der Waals surface area contributed by atoms with Crippen molar-refractivity contribution < 1.29 is 9.53 Å². The largest absolute Gasteiger partial charge is 0.466 e. The van der Waals surface area contributed by atoms with E-state index in [0.717, 1.165) is 0 Å². The van der Waals surface area contributed by atoms with E-state index in [1.54, 1.807) is 0 Å². The normalized spacial score (nSPS) is 14.0.